The van der Waals surface area contributed by atoms with Crippen LogP contribution in [-0.2, 0) is 7.05 Å². The molecule has 3 aromatic carbocycles. The van der Waals surface area contributed by atoms with Crippen molar-refractivity contribution in [3.05, 3.63) is 95.7 Å². The molecule has 0 unspecified atom stereocenters. The molecule has 32 heavy (non-hydrogen) atoms. The minimum atomic E-state index is -2.43. The number of rotatable bonds is 4. The van der Waals surface area contributed by atoms with Gasteiger partial charge in [-0.1, -0.05) is 18.2 Å². The first-order chi connectivity index (χ1) is 17.6. The molecule has 0 fully saturated rings. The van der Waals surface area contributed by atoms with Gasteiger partial charge in [0.1, 0.15) is 7.05 Å². The van der Waals surface area contributed by atoms with Gasteiger partial charge in [-0.2, -0.15) is 0 Å². The van der Waals surface area contributed by atoms with Gasteiger partial charge in [0, 0.05) is 0 Å². The van der Waals surface area contributed by atoms with Crippen molar-refractivity contribution in [1.82, 2.24) is 0 Å². The predicted molar refractivity (Wildman–Crippen MR) is 141 cm³/mol. The van der Waals surface area contributed by atoms with Crippen LogP contribution in [0.15, 0.2) is 79.0 Å². The minimum absolute atomic E-state index is 0.122. The fraction of sp³-hybridized carbons (Fsp3) is 0.233. The molecule has 162 valence electrons. The SMILES string of the molecule is [2H]C([2H])([2H])c1cc(-c2cc[c]([Ge]([CH3])([CH3])[CH3])cc2)ccc1-c1cc(-c2ccccc2C)[n+](C)cc1C([2H])([2H])[2H]. The molecule has 0 atom stereocenters. The average Bonchev–Trinajstić information content (AvgIpc) is 2.82. The number of nitrogens with zero attached hydrogens (tertiary/aromatic N) is 1. The Morgan fingerprint density at radius 3 is 2.03 bits per heavy atom. The van der Waals surface area contributed by atoms with E-state index in [1.165, 1.54) is 4.40 Å². The molecular weight excluding hydrogens is 447 g/mol. The van der Waals surface area contributed by atoms with Gasteiger partial charge in [-0.15, -0.1) is 0 Å². The van der Waals surface area contributed by atoms with Crippen LogP contribution in [0.25, 0.3) is 33.5 Å². The van der Waals surface area contributed by atoms with Crippen LogP contribution in [0.2, 0.25) is 17.3 Å². The third kappa shape index (κ3) is 4.45. The summed E-state index contributed by atoms with van der Waals surface area (Å²) >= 11 is -1.98. The summed E-state index contributed by atoms with van der Waals surface area (Å²) in [5.41, 5.74) is 5.65. The van der Waals surface area contributed by atoms with Gasteiger partial charge in [0.2, 0.25) is 0 Å². The molecule has 4 aromatic rings. The van der Waals surface area contributed by atoms with Crippen molar-refractivity contribution in [3.8, 4) is 33.5 Å². The molecule has 0 radical (unpaired) electrons. The van der Waals surface area contributed by atoms with Crippen molar-refractivity contribution in [2.45, 2.75) is 37.9 Å². The van der Waals surface area contributed by atoms with Crippen molar-refractivity contribution >= 4 is 17.7 Å². The van der Waals surface area contributed by atoms with E-state index in [9.17, 15) is 0 Å². The van der Waals surface area contributed by atoms with Crippen LogP contribution in [0.4, 0.5) is 0 Å². The van der Waals surface area contributed by atoms with Gasteiger partial charge in [0.15, 0.2) is 0 Å². The molecule has 1 nitrogen and oxygen atoms in total. The van der Waals surface area contributed by atoms with E-state index < -0.39 is 27.0 Å². The molecule has 1 aromatic heterocycles. The predicted octanol–water partition coefficient (Wildman–Crippen LogP) is 6.98. The Kier molecular flexibility index (Phi) is 4.37. The van der Waals surface area contributed by atoms with E-state index in [4.69, 9.17) is 8.22 Å². The third-order valence-corrected chi connectivity index (χ3v) is 10.4. The van der Waals surface area contributed by atoms with Crippen molar-refractivity contribution in [2.24, 2.45) is 7.05 Å². The summed E-state index contributed by atoms with van der Waals surface area (Å²) in [6, 6.07) is 23.5. The summed E-state index contributed by atoms with van der Waals surface area (Å²) in [4.78, 5) is 0. The molecule has 0 saturated carbocycles. The molecule has 0 saturated heterocycles. The summed E-state index contributed by atoms with van der Waals surface area (Å²) < 4.78 is 52.9. The normalized spacial score (nSPS) is 15.2. The summed E-state index contributed by atoms with van der Waals surface area (Å²) in [6.07, 6.45) is 1.61. The van der Waals surface area contributed by atoms with Crippen molar-refractivity contribution in [2.75, 3.05) is 0 Å². The van der Waals surface area contributed by atoms with E-state index in [1.54, 1.807) is 22.9 Å². The van der Waals surface area contributed by atoms with E-state index in [0.717, 1.165) is 27.9 Å². The number of hydrogen-bond donors (Lipinski definition) is 0. The fourth-order valence-electron chi connectivity index (χ4n) is 4.12. The Labute approximate surface area is 204 Å². The summed E-state index contributed by atoms with van der Waals surface area (Å²) in [5.74, 6) is 7.01. The zero-order valence-electron chi connectivity index (χ0n) is 25.5. The van der Waals surface area contributed by atoms with Crippen LogP contribution < -0.4 is 8.96 Å². The zero-order valence-corrected chi connectivity index (χ0v) is 21.6. The first-order valence-corrected chi connectivity index (χ1v) is 18.3. The number of benzene rings is 3. The molecule has 0 bridgehead atoms. The standard InChI is InChI=1S/C30H34GeN/c1-21-10-8-9-11-28(21)30-19-29(23(3)20-32(30)7)27-17-14-25(18-22(27)2)24-12-15-26(16-13-24)31(4,5)6/h8-20H,1-7H3/q+1/i2D3,3D3. The van der Waals surface area contributed by atoms with Gasteiger partial charge in [-0.05, 0) is 18.6 Å². The van der Waals surface area contributed by atoms with E-state index >= 15 is 0 Å². The van der Waals surface area contributed by atoms with Crippen LogP contribution in [0.5, 0.6) is 0 Å². The van der Waals surface area contributed by atoms with Crippen LogP contribution in [0.3, 0.4) is 0 Å². The van der Waals surface area contributed by atoms with Crippen LogP contribution in [0, 0.1) is 20.6 Å². The Bertz CT molecular complexity index is 1480. The molecular formula is C30H34GeN+. The molecule has 0 aliphatic rings. The topological polar surface area (TPSA) is 3.88 Å². The second-order valence-electron chi connectivity index (χ2n) is 9.50. The summed E-state index contributed by atoms with van der Waals surface area (Å²) in [5, 5.41) is 0. The first kappa shape index (κ1) is 16.0. The van der Waals surface area contributed by atoms with Gasteiger partial charge in [0.05, 0.1) is 0 Å². The molecule has 0 spiro atoms. The van der Waals surface area contributed by atoms with Gasteiger partial charge < -0.3 is 0 Å². The molecule has 1 heterocycles. The summed E-state index contributed by atoms with van der Waals surface area (Å²) in [6.45, 7) is -2.85. The van der Waals surface area contributed by atoms with E-state index in [2.05, 4.69) is 41.5 Å². The Morgan fingerprint density at radius 1 is 0.688 bits per heavy atom. The number of pyridine rings is 1. The maximum absolute atomic E-state index is 8.35. The molecule has 2 heteroatoms. The Hall–Kier alpha value is -2.65. The van der Waals surface area contributed by atoms with Crippen molar-refractivity contribution in [1.29, 1.82) is 0 Å². The zero-order chi connectivity index (χ0) is 28.0. The second-order valence-corrected chi connectivity index (χ2v) is 20.2. The summed E-state index contributed by atoms with van der Waals surface area (Å²) in [7, 11) is 1.82. The third-order valence-electron chi connectivity index (χ3n) is 6.09. The van der Waals surface area contributed by atoms with Crippen LogP contribution in [0.1, 0.15) is 24.9 Å². The van der Waals surface area contributed by atoms with E-state index in [1.807, 2.05) is 50.4 Å². The van der Waals surface area contributed by atoms with Crippen molar-refractivity contribution < 1.29 is 12.8 Å². The maximum atomic E-state index is 8.35. The number of hydrogen-bond acceptors (Lipinski definition) is 0. The quantitative estimate of drug-likeness (QED) is 0.216. The first-order valence-electron chi connectivity index (χ1n) is 13.9. The van der Waals surface area contributed by atoms with Crippen LogP contribution in [-0.4, -0.2) is 13.3 Å². The number of aryl methyl sites for hydroxylation is 4. The molecule has 0 N–H and O–H groups in total. The van der Waals surface area contributed by atoms with Gasteiger partial charge in [-0.3, -0.25) is 0 Å². The molecule has 4 rings (SSSR count). The Balaban J connectivity index is 1.96. The number of aromatic nitrogens is 1. The second kappa shape index (κ2) is 8.71. The Morgan fingerprint density at radius 2 is 1.38 bits per heavy atom. The van der Waals surface area contributed by atoms with Crippen LogP contribution >= 0.6 is 0 Å². The monoisotopic (exact) mass is 488 g/mol. The molecule has 0 amide bonds. The van der Waals surface area contributed by atoms with E-state index in [0.29, 0.717) is 11.1 Å². The van der Waals surface area contributed by atoms with Crippen molar-refractivity contribution in [3.63, 3.8) is 0 Å². The molecule has 0 aliphatic carbocycles. The van der Waals surface area contributed by atoms with E-state index in [-0.39, 0.29) is 11.1 Å². The fourth-order valence-corrected chi connectivity index (χ4v) is 6.57. The van der Waals surface area contributed by atoms with Gasteiger partial charge in [0.25, 0.3) is 0 Å². The average molecular weight is 487 g/mol. The van der Waals surface area contributed by atoms with Gasteiger partial charge in [-0.25, -0.2) is 0 Å². The molecule has 0 aliphatic heterocycles. The van der Waals surface area contributed by atoms with Gasteiger partial charge >= 0.3 is 161 Å².